The first kappa shape index (κ1) is 15.8. The normalized spacial score (nSPS) is 10.8. The van der Waals surface area contributed by atoms with E-state index < -0.39 is 5.97 Å². The number of aromatic amines is 1. The van der Waals surface area contributed by atoms with Crippen LogP contribution < -0.4 is 5.32 Å². The van der Waals surface area contributed by atoms with Crippen LogP contribution in [0.3, 0.4) is 0 Å². The van der Waals surface area contributed by atoms with Gasteiger partial charge in [0, 0.05) is 16.8 Å². The Morgan fingerprint density at radius 2 is 1.79 bits per heavy atom. The minimum atomic E-state index is -0.979. The summed E-state index contributed by atoms with van der Waals surface area (Å²) in [6, 6.07) is 10.4. The van der Waals surface area contributed by atoms with Crippen molar-refractivity contribution in [3.63, 3.8) is 0 Å². The smallest absolute Gasteiger partial charge is 0.335 e. The Labute approximate surface area is 139 Å². The van der Waals surface area contributed by atoms with Gasteiger partial charge in [0.2, 0.25) is 0 Å². The number of aromatic nitrogens is 1. The van der Waals surface area contributed by atoms with Crippen LogP contribution in [0.15, 0.2) is 36.4 Å². The van der Waals surface area contributed by atoms with E-state index in [9.17, 15) is 9.59 Å². The van der Waals surface area contributed by atoms with E-state index in [1.807, 2.05) is 26.0 Å². The van der Waals surface area contributed by atoms with Gasteiger partial charge in [0.25, 0.3) is 5.91 Å². The van der Waals surface area contributed by atoms with Gasteiger partial charge in [0.15, 0.2) is 0 Å². The first-order chi connectivity index (χ1) is 11.4. The molecule has 2 aromatic carbocycles. The number of nitrogens with one attached hydrogen (secondary N) is 2. The van der Waals surface area contributed by atoms with Crippen LogP contribution in [0, 0.1) is 20.8 Å². The van der Waals surface area contributed by atoms with Crippen molar-refractivity contribution < 1.29 is 14.7 Å². The Morgan fingerprint density at radius 1 is 1.04 bits per heavy atom. The molecule has 1 heterocycles. The van der Waals surface area contributed by atoms with Crippen molar-refractivity contribution in [2.24, 2.45) is 0 Å². The van der Waals surface area contributed by atoms with Crippen molar-refractivity contribution in [2.45, 2.75) is 20.8 Å². The van der Waals surface area contributed by atoms with E-state index in [1.165, 1.54) is 6.07 Å². The van der Waals surface area contributed by atoms with Crippen LogP contribution >= 0.6 is 0 Å². The third-order valence-corrected chi connectivity index (χ3v) is 4.30. The number of rotatable bonds is 3. The number of H-pyrrole nitrogens is 1. The zero-order chi connectivity index (χ0) is 17.4. The Bertz CT molecular complexity index is 970. The zero-order valence-corrected chi connectivity index (χ0v) is 13.7. The van der Waals surface area contributed by atoms with Gasteiger partial charge < -0.3 is 15.4 Å². The third-order valence-electron chi connectivity index (χ3n) is 4.30. The molecule has 5 heteroatoms. The molecule has 0 radical (unpaired) electrons. The fourth-order valence-corrected chi connectivity index (χ4v) is 2.85. The van der Waals surface area contributed by atoms with Crippen LogP contribution in [-0.4, -0.2) is 22.0 Å². The molecule has 0 atom stereocenters. The van der Waals surface area contributed by atoms with Crippen molar-refractivity contribution >= 4 is 28.5 Å². The highest BCUT2D eigenvalue weighted by atomic mass is 16.4. The number of fused-ring (bicyclic) bond motifs is 1. The van der Waals surface area contributed by atoms with Gasteiger partial charge in [-0.15, -0.1) is 0 Å². The molecule has 3 N–H and O–H groups in total. The molecule has 0 spiro atoms. The topological polar surface area (TPSA) is 82.2 Å². The van der Waals surface area contributed by atoms with Crippen LogP contribution in [0.2, 0.25) is 0 Å². The number of aromatic carboxylic acids is 1. The van der Waals surface area contributed by atoms with Crippen molar-refractivity contribution in [1.82, 2.24) is 4.98 Å². The minimum Gasteiger partial charge on any atom is -0.478 e. The highest BCUT2D eigenvalue weighted by molar-refractivity contribution is 6.12. The second kappa shape index (κ2) is 5.85. The predicted octanol–water partition coefficient (Wildman–Crippen LogP) is 4.04. The number of hydrogen-bond donors (Lipinski definition) is 3. The molecule has 0 unspecified atom stereocenters. The molecule has 24 heavy (non-hydrogen) atoms. The molecule has 3 aromatic rings. The van der Waals surface area contributed by atoms with Gasteiger partial charge in [-0.3, -0.25) is 4.79 Å². The molecule has 0 aliphatic carbocycles. The van der Waals surface area contributed by atoms with Gasteiger partial charge in [-0.25, -0.2) is 4.79 Å². The quantitative estimate of drug-likeness (QED) is 0.680. The lowest BCUT2D eigenvalue weighted by atomic mass is 10.1. The lowest BCUT2D eigenvalue weighted by molar-refractivity contribution is 0.0696. The molecular weight excluding hydrogens is 304 g/mol. The summed E-state index contributed by atoms with van der Waals surface area (Å²) in [6.45, 7) is 5.70. The fourth-order valence-electron chi connectivity index (χ4n) is 2.85. The summed E-state index contributed by atoms with van der Waals surface area (Å²) in [5.74, 6) is -1.21. The van der Waals surface area contributed by atoms with Gasteiger partial charge >= 0.3 is 5.97 Å². The monoisotopic (exact) mass is 322 g/mol. The Kier molecular flexibility index (Phi) is 3.85. The Hall–Kier alpha value is -3.08. The number of carbonyl (C=O) groups excluding carboxylic acids is 1. The van der Waals surface area contributed by atoms with Crippen molar-refractivity contribution in [3.05, 3.63) is 64.3 Å². The second-order valence-electron chi connectivity index (χ2n) is 5.89. The van der Waals surface area contributed by atoms with E-state index in [0.717, 1.165) is 22.2 Å². The van der Waals surface area contributed by atoms with Gasteiger partial charge in [0.05, 0.1) is 16.6 Å². The van der Waals surface area contributed by atoms with E-state index >= 15 is 0 Å². The summed E-state index contributed by atoms with van der Waals surface area (Å²) < 4.78 is 0. The average molecular weight is 322 g/mol. The SMILES string of the molecule is Cc1cc(NC(=O)c2cccc3c(C)c(C)[nH]c23)ccc1C(=O)O. The Morgan fingerprint density at radius 3 is 2.46 bits per heavy atom. The summed E-state index contributed by atoms with van der Waals surface area (Å²) in [5, 5.41) is 12.9. The maximum absolute atomic E-state index is 12.6. The van der Waals surface area contributed by atoms with E-state index in [0.29, 0.717) is 16.8 Å². The molecule has 0 bridgehead atoms. The van der Waals surface area contributed by atoms with Gasteiger partial charge in [-0.2, -0.15) is 0 Å². The molecule has 0 saturated carbocycles. The number of carboxylic acid groups (broad SMARTS) is 1. The number of aryl methyl sites for hydroxylation is 3. The molecule has 1 amide bonds. The van der Waals surface area contributed by atoms with E-state index in [-0.39, 0.29) is 11.5 Å². The minimum absolute atomic E-state index is 0.228. The standard InChI is InChI=1S/C19H18N2O3/c1-10-9-13(7-8-14(10)19(23)24)21-18(22)16-6-4-5-15-11(2)12(3)20-17(15)16/h4-9,20H,1-3H3,(H,21,22)(H,23,24). The first-order valence-corrected chi connectivity index (χ1v) is 7.61. The van der Waals surface area contributed by atoms with Crippen LogP contribution in [-0.2, 0) is 0 Å². The third kappa shape index (κ3) is 2.65. The van der Waals surface area contributed by atoms with E-state index in [1.54, 1.807) is 25.1 Å². The second-order valence-corrected chi connectivity index (χ2v) is 5.89. The van der Waals surface area contributed by atoms with Gasteiger partial charge in [-0.05, 0) is 56.2 Å². The van der Waals surface area contributed by atoms with Crippen LogP contribution in [0.5, 0.6) is 0 Å². The molecule has 5 nitrogen and oxygen atoms in total. The van der Waals surface area contributed by atoms with Crippen molar-refractivity contribution in [3.8, 4) is 0 Å². The maximum atomic E-state index is 12.6. The van der Waals surface area contributed by atoms with Crippen LogP contribution in [0.25, 0.3) is 10.9 Å². The highest BCUT2D eigenvalue weighted by Crippen LogP contribution is 2.25. The molecule has 0 fully saturated rings. The maximum Gasteiger partial charge on any atom is 0.335 e. The van der Waals surface area contributed by atoms with Gasteiger partial charge in [-0.1, -0.05) is 12.1 Å². The molecule has 0 saturated heterocycles. The number of hydrogen-bond acceptors (Lipinski definition) is 2. The zero-order valence-electron chi connectivity index (χ0n) is 13.7. The Balaban J connectivity index is 1.95. The summed E-state index contributed by atoms with van der Waals surface area (Å²) in [7, 11) is 0. The highest BCUT2D eigenvalue weighted by Gasteiger charge is 2.15. The average Bonchev–Trinajstić information content (AvgIpc) is 2.82. The number of para-hydroxylation sites is 1. The van der Waals surface area contributed by atoms with Crippen molar-refractivity contribution in [2.75, 3.05) is 5.32 Å². The van der Waals surface area contributed by atoms with E-state index in [2.05, 4.69) is 10.3 Å². The number of amides is 1. The number of anilines is 1. The molecule has 3 rings (SSSR count). The molecule has 122 valence electrons. The number of benzene rings is 2. The molecule has 1 aromatic heterocycles. The van der Waals surface area contributed by atoms with Crippen LogP contribution in [0.1, 0.15) is 37.5 Å². The molecule has 0 aliphatic rings. The largest absolute Gasteiger partial charge is 0.478 e. The van der Waals surface area contributed by atoms with Crippen LogP contribution in [0.4, 0.5) is 5.69 Å². The number of carboxylic acids is 1. The summed E-state index contributed by atoms with van der Waals surface area (Å²) in [6.07, 6.45) is 0. The molecule has 0 aliphatic heterocycles. The summed E-state index contributed by atoms with van der Waals surface area (Å²) in [4.78, 5) is 27.0. The lowest BCUT2D eigenvalue weighted by Crippen LogP contribution is -2.13. The first-order valence-electron chi connectivity index (χ1n) is 7.61. The predicted molar refractivity (Wildman–Crippen MR) is 93.9 cm³/mol. The van der Waals surface area contributed by atoms with E-state index in [4.69, 9.17) is 5.11 Å². The summed E-state index contributed by atoms with van der Waals surface area (Å²) >= 11 is 0. The lowest BCUT2D eigenvalue weighted by Gasteiger charge is -2.08. The molecular formula is C19H18N2O3. The van der Waals surface area contributed by atoms with Crippen molar-refractivity contribution in [1.29, 1.82) is 0 Å². The van der Waals surface area contributed by atoms with Gasteiger partial charge in [0.1, 0.15) is 0 Å². The fraction of sp³-hybridized carbons (Fsp3) is 0.158. The summed E-state index contributed by atoms with van der Waals surface area (Å²) in [5.41, 5.74) is 4.93. The number of carbonyl (C=O) groups is 2.